The van der Waals surface area contributed by atoms with Gasteiger partial charge in [0.2, 0.25) is 0 Å². The number of likely N-dealkylation sites (tertiary alicyclic amines) is 1. The Balaban J connectivity index is 1.80. The van der Waals surface area contributed by atoms with Gasteiger partial charge in [-0.05, 0) is 60.9 Å². The van der Waals surface area contributed by atoms with E-state index >= 15 is 0 Å². The number of halogens is 1. The van der Waals surface area contributed by atoms with Gasteiger partial charge in [0, 0.05) is 10.1 Å². The second-order valence-electron chi connectivity index (χ2n) is 3.95. The zero-order valence-electron chi connectivity index (χ0n) is 7.88. The van der Waals surface area contributed by atoms with Crippen LogP contribution in [0.3, 0.4) is 0 Å². The topological polar surface area (TPSA) is 3.24 Å². The molecule has 0 amide bonds. The van der Waals surface area contributed by atoms with Gasteiger partial charge in [-0.25, -0.2) is 0 Å². The fourth-order valence-electron chi connectivity index (χ4n) is 2.07. The van der Waals surface area contributed by atoms with Gasteiger partial charge in [0.05, 0.1) is 0 Å². The van der Waals surface area contributed by atoms with Crippen LogP contribution in [-0.2, 0) is 0 Å². The maximum absolute atomic E-state index is 2.60. The minimum absolute atomic E-state index is 0.775. The van der Waals surface area contributed by atoms with Crippen molar-refractivity contribution < 1.29 is 0 Å². The summed E-state index contributed by atoms with van der Waals surface area (Å²) in [4.78, 5) is 2.60. The van der Waals surface area contributed by atoms with Crippen molar-refractivity contribution >= 4 is 22.6 Å². The lowest BCUT2D eigenvalue weighted by molar-refractivity contribution is 0.302. The molecule has 1 heterocycles. The Bertz CT molecular complexity index is 226. The highest BCUT2D eigenvalue weighted by Crippen LogP contribution is 2.22. The van der Waals surface area contributed by atoms with Crippen molar-refractivity contribution in [1.82, 2.24) is 4.90 Å². The van der Waals surface area contributed by atoms with Crippen LogP contribution in [0, 0.1) is 5.92 Å². The van der Waals surface area contributed by atoms with Gasteiger partial charge < -0.3 is 4.90 Å². The molecule has 0 spiro atoms. The maximum Gasteiger partial charge on any atom is 0.00871 e. The third kappa shape index (κ3) is 2.81. The molecule has 0 aromatic rings. The monoisotopic (exact) mass is 289 g/mol. The van der Waals surface area contributed by atoms with Crippen molar-refractivity contribution in [3.8, 4) is 0 Å². The molecule has 1 aliphatic carbocycles. The molecule has 2 heteroatoms. The third-order valence-corrected chi connectivity index (χ3v) is 3.63. The lowest BCUT2D eigenvalue weighted by atomic mass is 10.0. The van der Waals surface area contributed by atoms with E-state index in [9.17, 15) is 0 Å². The predicted molar refractivity (Wildman–Crippen MR) is 65.0 cm³/mol. The van der Waals surface area contributed by atoms with Gasteiger partial charge in [0.25, 0.3) is 0 Å². The largest absolute Gasteiger partial charge is 0.303 e. The molecule has 1 atom stereocenters. The Morgan fingerprint density at radius 1 is 1.38 bits per heavy atom. The minimum Gasteiger partial charge on any atom is -0.303 e. The van der Waals surface area contributed by atoms with Crippen molar-refractivity contribution in [1.29, 1.82) is 0 Å². The van der Waals surface area contributed by atoms with Gasteiger partial charge in [-0.1, -0.05) is 18.2 Å². The van der Waals surface area contributed by atoms with Crippen LogP contribution in [0.15, 0.2) is 21.8 Å². The summed E-state index contributed by atoms with van der Waals surface area (Å²) >= 11 is 2.39. The quantitative estimate of drug-likeness (QED) is 0.706. The Morgan fingerprint density at radius 2 is 2.15 bits per heavy atom. The van der Waals surface area contributed by atoms with Crippen LogP contribution in [-0.4, -0.2) is 24.5 Å². The SMILES string of the molecule is IC1=CCC(CN2CCCC2)C=C1. The number of hydrogen-bond donors (Lipinski definition) is 0. The average Bonchev–Trinajstić information content (AvgIpc) is 2.62. The van der Waals surface area contributed by atoms with E-state index in [1.807, 2.05) is 0 Å². The molecular formula is C11H16IN. The second kappa shape index (κ2) is 4.60. The first-order valence-corrected chi connectivity index (χ1v) is 6.19. The summed E-state index contributed by atoms with van der Waals surface area (Å²) in [6.45, 7) is 3.92. The molecular weight excluding hydrogens is 273 g/mol. The van der Waals surface area contributed by atoms with E-state index in [1.54, 1.807) is 0 Å². The summed E-state index contributed by atoms with van der Waals surface area (Å²) in [5.41, 5.74) is 0. The molecule has 1 fully saturated rings. The Labute approximate surface area is 94.0 Å². The van der Waals surface area contributed by atoms with E-state index in [0.29, 0.717) is 0 Å². The van der Waals surface area contributed by atoms with Gasteiger partial charge in [0.1, 0.15) is 0 Å². The molecule has 1 saturated heterocycles. The molecule has 1 unspecified atom stereocenters. The predicted octanol–water partition coefficient (Wildman–Crippen LogP) is 2.98. The van der Waals surface area contributed by atoms with Gasteiger partial charge in [0.15, 0.2) is 0 Å². The Hall–Kier alpha value is 0.170. The van der Waals surface area contributed by atoms with Crippen molar-refractivity contribution in [2.45, 2.75) is 19.3 Å². The molecule has 0 aromatic heterocycles. The Kier molecular flexibility index (Phi) is 3.44. The molecule has 0 N–H and O–H groups in total. The van der Waals surface area contributed by atoms with E-state index in [-0.39, 0.29) is 0 Å². The highest BCUT2D eigenvalue weighted by atomic mass is 127. The molecule has 13 heavy (non-hydrogen) atoms. The summed E-state index contributed by atoms with van der Waals surface area (Å²) in [5.74, 6) is 0.775. The summed E-state index contributed by atoms with van der Waals surface area (Å²) < 4.78 is 1.40. The van der Waals surface area contributed by atoms with Gasteiger partial charge in [-0.3, -0.25) is 0 Å². The number of rotatable bonds is 2. The first-order chi connectivity index (χ1) is 6.34. The fourth-order valence-corrected chi connectivity index (χ4v) is 2.53. The van der Waals surface area contributed by atoms with Gasteiger partial charge in [-0.2, -0.15) is 0 Å². The second-order valence-corrected chi connectivity index (χ2v) is 5.20. The standard InChI is InChI=1S/C11H16IN/c12-11-5-3-10(4-6-11)9-13-7-1-2-8-13/h3,5-6,10H,1-2,4,7-9H2. The zero-order valence-corrected chi connectivity index (χ0v) is 10.0. The molecule has 0 saturated carbocycles. The first kappa shape index (κ1) is 9.71. The summed E-state index contributed by atoms with van der Waals surface area (Å²) in [5, 5.41) is 0. The number of allylic oxidation sites excluding steroid dienone is 3. The summed E-state index contributed by atoms with van der Waals surface area (Å²) in [6, 6.07) is 0. The van der Waals surface area contributed by atoms with Crippen molar-refractivity contribution in [3.63, 3.8) is 0 Å². The van der Waals surface area contributed by atoms with Crippen molar-refractivity contribution in [3.05, 3.63) is 21.8 Å². The highest BCUT2D eigenvalue weighted by Gasteiger charge is 2.16. The third-order valence-electron chi connectivity index (χ3n) is 2.83. The van der Waals surface area contributed by atoms with E-state index in [4.69, 9.17) is 0 Å². The van der Waals surface area contributed by atoms with Gasteiger partial charge in [-0.15, -0.1) is 0 Å². The molecule has 1 aliphatic heterocycles. The van der Waals surface area contributed by atoms with Crippen molar-refractivity contribution in [2.24, 2.45) is 5.92 Å². The lowest BCUT2D eigenvalue weighted by Crippen LogP contribution is -2.26. The normalized spacial score (nSPS) is 29.3. The van der Waals surface area contributed by atoms with Crippen LogP contribution in [0.5, 0.6) is 0 Å². The molecule has 2 rings (SSSR count). The van der Waals surface area contributed by atoms with Crippen LogP contribution >= 0.6 is 22.6 Å². The highest BCUT2D eigenvalue weighted by molar-refractivity contribution is 14.1. The van der Waals surface area contributed by atoms with Crippen LogP contribution in [0.1, 0.15) is 19.3 Å². The minimum atomic E-state index is 0.775. The fraction of sp³-hybridized carbons (Fsp3) is 0.636. The molecule has 0 aromatic carbocycles. The van der Waals surface area contributed by atoms with Crippen LogP contribution in [0.2, 0.25) is 0 Å². The maximum atomic E-state index is 2.60. The molecule has 72 valence electrons. The first-order valence-electron chi connectivity index (χ1n) is 5.11. The molecule has 2 aliphatic rings. The van der Waals surface area contributed by atoms with E-state index in [2.05, 4.69) is 45.7 Å². The zero-order chi connectivity index (χ0) is 9.10. The van der Waals surface area contributed by atoms with E-state index < -0.39 is 0 Å². The molecule has 0 bridgehead atoms. The van der Waals surface area contributed by atoms with Crippen LogP contribution in [0.25, 0.3) is 0 Å². The summed E-state index contributed by atoms with van der Waals surface area (Å²) in [7, 11) is 0. The lowest BCUT2D eigenvalue weighted by Gasteiger charge is -2.21. The number of hydrogen-bond acceptors (Lipinski definition) is 1. The van der Waals surface area contributed by atoms with E-state index in [1.165, 1.54) is 42.5 Å². The summed E-state index contributed by atoms with van der Waals surface area (Å²) in [6.07, 6.45) is 11.0. The average molecular weight is 289 g/mol. The van der Waals surface area contributed by atoms with Crippen LogP contribution < -0.4 is 0 Å². The van der Waals surface area contributed by atoms with Gasteiger partial charge >= 0.3 is 0 Å². The van der Waals surface area contributed by atoms with Crippen molar-refractivity contribution in [2.75, 3.05) is 19.6 Å². The smallest absolute Gasteiger partial charge is 0.00871 e. The van der Waals surface area contributed by atoms with E-state index in [0.717, 1.165) is 5.92 Å². The molecule has 0 radical (unpaired) electrons. The van der Waals surface area contributed by atoms with Crippen LogP contribution in [0.4, 0.5) is 0 Å². The number of nitrogens with zero attached hydrogens (tertiary/aromatic N) is 1. The molecule has 1 nitrogen and oxygen atoms in total. The Morgan fingerprint density at radius 3 is 2.77 bits per heavy atom.